The molecule has 5 heteroatoms. The highest BCUT2D eigenvalue weighted by molar-refractivity contribution is 5.72. The van der Waals surface area contributed by atoms with E-state index in [0.717, 1.165) is 19.5 Å². The van der Waals surface area contributed by atoms with Crippen molar-refractivity contribution in [2.45, 2.75) is 13.3 Å². The quantitative estimate of drug-likeness (QED) is 0.726. The van der Waals surface area contributed by atoms with Crippen LogP contribution in [0.2, 0.25) is 0 Å². The van der Waals surface area contributed by atoms with Gasteiger partial charge in [-0.2, -0.15) is 0 Å². The van der Waals surface area contributed by atoms with Gasteiger partial charge in [-0.05, 0) is 5.92 Å². The number of nitrogens with two attached hydrogens (primary N) is 1. The molecule has 0 radical (unpaired) electrons. The fourth-order valence-electron chi connectivity index (χ4n) is 3.29. The van der Waals surface area contributed by atoms with Crippen LogP contribution in [0.1, 0.15) is 13.3 Å². The van der Waals surface area contributed by atoms with Gasteiger partial charge in [0.1, 0.15) is 0 Å². The SMILES string of the molecule is CCC1CN(CCN)CC(C(=O)O)C12COC2. The summed E-state index contributed by atoms with van der Waals surface area (Å²) in [5.74, 6) is -0.576. The Morgan fingerprint density at radius 2 is 2.24 bits per heavy atom. The summed E-state index contributed by atoms with van der Waals surface area (Å²) in [6, 6.07) is 0. The number of likely N-dealkylation sites (tertiary alicyclic amines) is 1. The zero-order valence-corrected chi connectivity index (χ0v) is 10.4. The first-order chi connectivity index (χ1) is 8.14. The molecule has 0 aromatic carbocycles. The molecule has 2 fully saturated rings. The summed E-state index contributed by atoms with van der Waals surface area (Å²) in [7, 11) is 0. The van der Waals surface area contributed by atoms with E-state index < -0.39 is 5.97 Å². The Morgan fingerprint density at radius 1 is 1.53 bits per heavy atom. The second-order valence-corrected chi connectivity index (χ2v) is 5.27. The average molecular weight is 242 g/mol. The van der Waals surface area contributed by atoms with Crippen molar-refractivity contribution in [1.29, 1.82) is 0 Å². The fraction of sp³-hybridized carbons (Fsp3) is 0.917. The van der Waals surface area contributed by atoms with Crippen LogP contribution in [0.4, 0.5) is 0 Å². The van der Waals surface area contributed by atoms with Gasteiger partial charge in [0.2, 0.25) is 0 Å². The van der Waals surface area contributed by atoms with Crippen LogP contribution in [0.3, 0.4) is 0 Å². The largest absolute Gasteiger partial charge is 0.481 e. The number of nitrogens with zero attached hydrogens (tertiary/aromatic N) is 1. The average Bonchev–Trinajstić information content (AvgIpc) is 2.25. The Bertz CT molecular complexity index is 291. The summed E-state index contributed by atoms with van der Waals surface area (Å²) >= 11 is 0. The monoisotopic (exact) mass is 242 g/mol. The molecule has 17 heavy (non-hydrogen) atoms. The molecule has 0 aromatic heterocycles. The van der Waals surface area contributed by atoms with Crippen molar-refractivity contribution in [2.24, 2.45) is 23.0 Å². The van der Waals surface area contributed by atoms with E-state index in [2.05, 4.69) is 11.8 Å². The minimum absolute atomic E-state index is 0.119. The third-order valence-electron chi connectivity index (χ3n) is 4.40. The lowest BCUT2D eigenvalue weighted by atomic mass is 9.61. The second kappa shape index (κ2) is 4.92. The van der Waals surface area contributed by atoms with E-state index in [-0.39, 0.29) is 11.3 Å². The van der Waals surface area contributed by atoms with Gasteiger partial charge in [0.15, 0.2) is 0 Å². The Hall–Kier alpha value is -0.650. The fourth-order valence-corrected chi connectivity index (χ4v) is 3.29. The second-order valence-electron chi connectivity index (χ2n) is 5.27. The van der Waals surface area contributed by atoms with Gasteiger partial charge in [0.05, 0.1) is 19.1 Å². The molecule has 2 unspecified atom stereocenters. The molecular formula is C12H22N2O3. The van der Waals surface area contributed by atoms with Crippen molar-refractivity contribution in [3.8, 4) is 0 Å². The molecule has 0 saturated carbocycles. The molecule has 1 spiro atoms. The molecule has 2 aliphatic rings. The van der Waals surface area contributed by atoms with E-state index in [1.54, 1.807) is 0 Å². The van der Waals surface area contributed by atoms with Crippen molar-refractivity contribution in [2.75, 3.05) is 39.4 Å². The summed E-state index contributed by atoms with van der Waals surface area (Å²) in [4.78, 5) is 13.7. The standard InChI is InChI=1S/C12H22N2O3/c1-2-9-5-14(4-3-13)6-10(11(15)16)12(9)7-17-8-12/h9-10H,2-8,13H2,1H3,(H,15,16). The molecule has 98 valence electrons. The topological polar surface area (TPSA) is 75.8 Å². The van der Waals surface area contributed by atoms with Gasteiger partial charge in [-0.3, -0.25) is 4.79 Å². The van der Waals surface area contributed by atoms with Gasteiger partial charge in [-0.15, -0.1) is 0 Å². The highest BCUT2D eigenvalue weighted by Crippen LogP contribution is 2.48. The molecule has 3 N–H and O–H groups in total. The van der Waals surface area contributed by atoms with Gasteiger partial charge in [0.25, 0.3) is 0 Å². The number of rotatable bonds is 4. The van der Waals surface area contributed by atoms with Crippen molar-refractivity contribution in [1.82, 2.24) is 4.90 Å². The van der Waals surface area contributed by atoms with Crippen LogP contribution in [-0.4, -0.2) is 55.4 Å². The van der Waals surface area contributed by atoms with Crippen molar-refractivity contribution >= 4 is 5.97 Å². The van der Waals surface area contributed by atoms with Gasteiger partial charge < -0.3 is 20.5 Å². The van der Waals surface area contributed by atoms with E-state index in [1.807, 2.05) is 0 Å². The van der Waals surface area contributed by atoms with Gasteiger partial charge in [0, 0.05) is 31.6 Å². The van der Waals surface area contributed by atoms with Crippen molar-refractivity contribution in [3.05, 3.63) is 0 Å². The molecule has 2 saturated heterocycles. The summed E-state index contributed by atoms with van der Waals surface area (Å²) in [6.45, 7) is 6.31. The minimum atomic E-state index is -0.687. The zero-order valence-electron chi connectivity index (χ0n) is 10.4. The van der Waals surface area contributed by atoms with E-state index in [1.165, 1.54) is 0 Å². The predicted octanol–water partition coefficient (Wildman–Crippen LogP) is 0.00430. The number of ether oxygens (including phenoxy) is 1. The van der Waals surface area contributed by atoms with Crippen molar-refractivity contribution < 1.29 is 14.6 Å². The summed E-state index contributed by atoms with van der Waals surface area (Å²) in [6.07, 6.45) is 1.01. The van der Waals surface area contributed by atoms with Crippen LogP contribution in [-0.2, 0) is 9.53 Å². The highest BCUT2D eigenvalue weighted by Gasteiger charge is 2.56. The maximum Gasteiger partial charge on any atom is 0.308 e. The Morgan fingerprint density at radius 3 is 2.65 bits per heavy atom. The number of hydrogen-bond donors (Lipinski definition) is 2. The van der Waals surface area contributed by atoms with Gasteiger partial charge >= 0.3 is 5.97 Å². The third-order valence-corrected chi connectivity index (χ3v) is 4.40. The van der Waals surface area contributed by atoms with Crippen LogP contribution in [0.15, 0.2) is 0 Å². The molecule has 5 nitrogen and oxygen atoms in total. The highest BCUT2D eigenvalue weighted by atomic mass is 16.5. The molecule has 0 aromatic rings. The van der Waals surface area contributed by atoms with Crippen LogP contribution >= 0.6 is 0 Å². The molecule has 2 atom stereocenters. The number of carboxylic acids is 1. The van der Waals surface area contributed by atoms with Crippen LogP contribution in [0, 0.1) is 17.3 Å². The number of piperidine rings is 1. The zero-order chi connectivity index (χ0) is 12.5. The maximum absolute atomic E-state index is 11.5. The van der Waals surface area contributed by atoms with E-state index in [0.29, 0.717) is 32.2 Å². The normalized spacial score (nSPS) is 32.4. The summed E-state index contributed by atoms with van der Waals surface area (Å²) in [5.41, 5.74) is 5.45. The molecule has 0 aliphatic carbocycles. The van der Waals surface area contributed by atoms with Crippen LogP contribution in [0.5, 0.6) is 0 Å². The van der Waals surface area contributed by atoms with Crippen LogP contribution in [0.25, 0.3) is 0 Å². The molecule has 2 rings (SSSR count). The van der Waals surface area contributed by atoms with Crippen molar-refractivity contribution in [3.63, 3.8) is 0 Å². The molecule has 0 bridgehead atoms. The number of aliphatic carboxylic acids is 1. The first kappa shape index (κ1) is 12.8. The smallest absolute Gasteiger partial charge is 0.308 e. The van der Waals surface area contributed by atoms with E-state index in [4.69, 9.17) is 10.5 Å². The van der Waals surface area contributed by atoms with E-state index >= 15 is 0 Å². The lowest BCUT2D eigenvalue weighted by Gasteiger charge is -2.55. The molecule has 2 heterocycles. The Kier molecular flexibility index (Phi) is 3.70. The minimum Gasteiger partial charge on any atom is -0.481 e. The first-order valence-corrected chi connectivity index (χ1v) is 6.37. The molecular weight excluding hydrogens is 220 g/mol. The van der Waals surface area contributed by atoms with Gasteiger partial charge in [-0.25, -0.2) is 0 Å². The Labute approximate surface area is 102 Å². The third kappa shape index (κ3) is 2.07. The van der Waals surface area contributed by atoms with Crippen LogP contribution < -0.4 is 5.73 Å². The molecule has 0 amide bonds. The number of carboxylic acid groups (broad SMARTS) is 1. The summed E-state index contributed by atoms with van der Waals surface area (Å²) < 4.78 is 5.32. The lowest BCUT2D eigenvalue weighted by molar-refractivity contribution is -0.213. The number of hydrogen-bond acceptors (Lipinski definition) is 4. The summed E-state index contributed by atoms with van der Waals surface area (Å²) in [5, 5.41) is 9.42. The van der Waals surface area contributed by atoms with E-state index in [9.17, 15) is 9.90 Å². The lowest BCUT2D eigenvalue weighted by Crippen LogP contribution is -2.64. The first-order valence-electron chi connectivity index (χ1n) is 6.37. The van der Waals surface area contributed by atoms with Gasteiger partial charge in [-0.1, -0.05) is 13.3 Å². The molecule has 2 aliphatic heterocycles. The predicted molar refractivity (Wildman–Crippen MR) is 63.7 cm³/mol. The maximum atomic E-state index is 11.5. The Balaban J connectivity index is 2.16. The number of carbonyl (C=O) groups is 1.